The van der Waals surface area contributed by atoms with E-state index in [1.165, 1.54) is 20.8 Å². The van der Waals surface area contributed by atoms with Crippen molar-refractivity contribution in [3.63, 3.8) is 0 Å². The van der Waals surface area contributed by atoms with Crippen LogP contribution in [0.3, 0.4) is 0 Å². The number of hydrogen-bond donors (Lipinski definition) is 1. The van der Waals surface area contributed by atoms with Gasteiger partial charge in [0.2, 0.25) is 11.6 Å². The fourth-order valence-corrected chi connectivity index (χ4v) is 5.25. The van der Waals surface area contributed by atoms with E-state index in [1.54, 1.807) is 0 Å². The lowest BCUT2D eigenvalue weighted by atomic mass is 9.97. The lowest BCUT2D eigenvalue weighted by Gasteiger charge is -2.14. The zero-order valence-corrected chi connectivity index (χ0v) is 18.9. The van der Waals surface area contributed by atoms with Crippen molar-refractivity contribution in [1.29, 1.82) is 0 Å². The highest BCUT2D eigenvalue weighted by Crippen LogP contribution is 2.40. The third kappa shape index (κ3) is 2.96. The van der Waals surface area contributed by atoms with Crippen LogP contribution >= 0.6 is 0 Å². The van der Waals surface area contributed by atoms with Gasteiger partial charge in [0.15, 0.2) is 17.4 Å². The van der Waals surface area contributed by atoms with E-state index in [9.17, 15) is 40.1 Å². The fraction of sp³-hybridized carbons (Fsp3) is 0.238. The smallest absolute Gasteiger partial charge is 0.340 e. The van der Waals surface area contributed by atoms with E-state index < -0.39 is 72.5 Å². The van der Waals surface area contributed by atoms with Crippen LogP contribution in [0.25, 0.3) is 11.1 Å². The number of halogens is 4. The Morgan fingerprint density at radius 1 is 1.00 bits per heavy atom. The molecule has 13 heteroatoms. The Balaban J connectivity index is 2.15. The first-order valence-corrected chi connectivity index (χ1v) is 11.2. The summed E-state index contributed by atoms with van der Waals surface area (Å²) < 4.78 is 98.2. The fourth-order valence-electron chi connectivity index (χ4n) is 4.30. The van der Waals surface area contributed by atoms with Crippen LogP contribution in [-0.2, 0) is 10.1 Å². The van der Waals surface area contributed by atoms with E-state index in [0.29, 0.717) is 4.57 Å². The van der Waals surface area contributed by atoms with Gasteiger partial charge in [-0.25, -0.2) is 18.1 Å². The highest BCUT2D eigenvalue weighted by atomic mass is 32.2. The largest absolute Gasteiger partial charge is 0.488 e. The van der Waals surface area contributed by atoms with E-state index >= 15 is 0 Å². The average Bonchev–Trinajstić information content (AvgIpc) is 3.15. The lowest BCUT2D eigenvalue weighted by molar-refractivity contribution is 0.0955. The predicted molar refractivity (Wildman–Crippen MR) is 111 cm³/mol. The molecule has 0 saturated carbocycles. The van der Waals surface area contributed by atoms with Crippen LogP contribution in [0, 0.1) is 37.1 Å². The normalized spacial score (nSPS) is 13.9. The third-order valence-electron chi connectivity index (χ3n) is 5.70. The van der Waals surface area contributed by atoms with Crippen molar-refractivity contribution in [3.05, 3.63) is 67.9 Å². The first kappa shape index (κ1) is 23.7. The van der Waals surface area contributed by atoms with Crippen LogP contribution in [0.1, 0.15) is 41.2 Å². The third-order valence-corrected chi connectivity index (χ3v) is 6.82. The SMILES string of the molecule is CCOc1c(F)c(F)c(C2=C(C)C(=O)n3c2cc2c(C)c(S(=O)(=O)O)c(C)n2c3=O)c(F)c1F. The summed E-state index contributed by atoms with van der Waals surface area (Å²) in [5.41, 5.74) is -4.10. The van der Waals surface area contributed by atoms with Gasteiger partial charge >= 0.3 is 5.69 Å². The molecule has 0 fully saturated rings. The number of carbonyl (C=O) groups excluding carboxylic acids is 1. The standard InChI is InChI=1S/C21H16F4N2O6S/c1-5-33-18-16(24)14(22)13(15(23)17(18)25)12-8(3)20(28)27-11(12)6-10-7(2)19(34(30,31)32)9(4)26(10)21(27)29/h6H,5H2,1-4H3,(H,30,31,32). The lowest BCUT2D eigenvalue weighted by Crippen LogP contribution is -2.31. The second kappa shape index (κ2) is 7.53. The minimum absolute atomic E-state index is 0.0816. The summed E-state index contributed by atoms with van der Waals surface area (Å²) in [6.07, 6.45) is 0. The molecule has 0 saturated heterocycles. The molecule has 1 aromatic carbocycles. The number of carbonyl (C=O) groups is 1. The second-order valence-electron chi connectivity index (χ2n) is 7.58. The van der Waals surface area contributed by atoms with E-state index in [4.69, 9.17) is 0 Å². The molecule has 0 bridgehead atoms. The Kier molecular flexibility index (Phi) is 5.25. The van der Waals surface area contributed by atoms with Gasteiger partial charge < -0.3 is 4.74 Å². The van der Waals surface area contributed by atoms with Crippen molar-refractivity contribution in [3.8, 4) is 5.75 Å². The molecule has 1 aliphatic rings. The van der Waals surface area contributed by atoms with Gasteiger partial charge in [0.1, 0.15) is 4.90 Å². The van der Waals surface area contributed by atoms with E-state index in [1.807, 2.05) is 0 Å². The van der Waals surface area contributed by atoms with Crippen LogP contribution in [0.4, 0.5) is 17.6 Å². The van der Waals surface area contributed by atoms with Gasteiger partial charge in [-0.15, -0.1) is 0 Å². The van der Waals surface area contributed by atoms with Crippen LogP contribution in [0.2, 0.25) is 0 Å². The van der Waals surface area contributed by atoms with Crippen molar-refractivity contribution in [2.75, 3.05) is 6.61 Å². The minimum atomic E-state index is -4.78. The van der Waals surface area contributed by atoms with E-state index in [-0.39, 0.29) is 29.0 Å². The monoisotopic (exact) mass is 500 g/mol. The molecule has 0 spiro atoms. The van der Waals surface area contributed by atoms with Crippen molar-refractivity contribution >= 4 is 27.1 Å². The number of benzene rings is 1. The van der Waals surface area contributed by atoms with Crippen molar-refractivity contribution in [1.82, 2.24) is 8.97 Å². The molecule has 0 amide bonds. The Morgan fingerprint density at radius 3 is 2.06 bits per heavy atom. The van der Waals surface area contributed by atoms with Crippen LogP contribution in [0.5, 0.6) is 5.75 Å². The number of aryl methyl sites for hydroxylation is 2. The molecule has 34 heavy (non-hydrogen) atoms. The average molecular weight is 500 g/mol. The molecular formula is C21H16F4N2O6S. The summed E-state index contributed by atoms with van der Waals surface area (Å²) in [6.45, 7) is 4.67. The maximum absolute atomic E-state index is 15.0. The number of nitrogens with zero attached hydrogens (tertiary/aromatic N) is 2. The quantitative estimate of drug-likeness (QED) is 0.334. The van der Waals surface area contributed by atoms with Gasteiger partial charge in [-0.3, -0.25) is 13.7 Å². The Labute approximate surface area is 189 Å². The van der Waals surface area contributed by atoms with Crippen molar-refractivity contribution in [2.24, 2.45) is 0 Å². The topological polar surface area (TPSA) is 107 Å². The van der Waals surface area contributed by atoms with Gasteiger partial charge in [0, 0.05) is 16.8 Å². The summed E-state index contributed by atoms with van der Waals surface area (Å²) in [5.74, 6) is -9.64. The van der Waals surface area contributed by atoms with E-state index in [2.05, 4.69) is 4.74 Å². The molecule has 1 N–H and O–H groups in total. The number of fused-ring (bicyclic) bond motifs is 2. The van der Waals surface area contributed by atoms with Crippen molar-refractivity contribution in [2.45, 2.75) is 32.6 Å². The van der Waals surface area contributed by atoms with Gasteiger partial charge in [-0.2, -0.15) is 17.2 Å². The maximum Gasteiger partial charge on any atom is 0.340 e. The Morgan fingerprint density at radius 2 is 1.56 bits per heavy atom. The minimum Gasteiger partial charge on any atom is -0.488 e. The summed E-state index contributed by atoms with van der Waals surface area (Å²) in [6, 6.07) is 1.08. The number of hydrogen-bond acceptors (Lipinski definition) is 5. The number of allylic oxidation sites excluding steroid dienone is 1. The number of rotatable bonds is 4. The molecule has 180 valence electrons. The summed E-state index contributed by atoms with van der Waals surface area (Å²) in [5, 5.41) is 0. The molecule has 0 atom stereocenters. The molecule has 4 rings (SSSR count). The van der Waals surface area contributed by atoms with Crippen molar-refractivity contribution < 1.29 is 40.1 Å². The summed E-state index contributed by atoms with van der Waals surface area (Å²) in [7, 11) is -4.78. The van der Waals surface area contributed by atoms with Crippen LogP contribution in [0.15, 0.2) is 21.3 Å². The molecule has 3 aromatic rings. The summed E-state index contributed by atoms with van der Waals surface area (Å²) >= 11 is 0. The van der Waals surface area contributed by atoms with Gasteiger partial charge in [-0.1, -0.05) is 0 Å². The van der Waals surface area contributed by atoms with Gasteiger partial charge in [0.25, 0.3) is 16.0 Å². The highest BCUT2D eigenvalue weighted by Gasteiger charge is 2.37. The Hall–Kier alpha value is -3.45. The molecule has 8 nitrogen and oxygen atoms in total. The van der Waals surface area contributed by atoms with Crippen LogP contribution in [-0.4, -0.2) is 34.5 Å². The second-order valence-corrected chi connectivity index (χ2v) is 8.94. The van der Waals surface area contributed by atoms with E-state index in [0.717, 1.165) is 17.4 Å². The first-order chi connectivity index (χ1) is 15.8. The molecule has 3 heterocycles. The van der Waals surface area contributed by atoms with Crippen LogP contribution < -0.4 is 10.4 Å². The first-order valence-electron chi connectivity index (χ1n) is 9.75. The van der Waals surface area contributed by atoms with Gasteiger partial charge in [0.05, 0.1) is 23.4 Å². The number of ether oxygens (including phenoxy) is 1. The van der Waals surface area contributed by atoms with Gasteiger partial charge in [-0.05, 0) is 39.3 Å². The maximum atomic E-state index is 15.0. The zero-order valence-electron chi connectivity index (χ0n) is 18.1. The molecule has 0 radical (unpaired) electrons. The highest BCUT2D eigenvalue weighted by molar-refractivity contribution is 7.86. The molecule has 1 aliphatic heterocycles. The zero-order chi connectivity index (χ0) is 25.4. The number of aromatic nitrogens is 2. The molecular weight excluding hydrogens is 484 g/mol. The molecule has 0 aliphatic carbocycles. The summed E-state index contributed by atoms with van der Waals surface area (Å²) in [4.78, 5) is 25.4. The molecule has 2 aromatic heterocycles. The predicted octanol–water partition coefficient (Wildman–Crippen LogP) is 3.40. The molecule has 0 unspecified atom stereocenters. The Bertz CT molecular complexity index is 1620.